The Labute approximate surface area is 248 Å². The third-order valence-corrected chi connectivity index (χ3v) is 8.02. The molecular formula is C33H41N5O2S. The molecule has 0 radical (unpaired) electrons. The number of carbonyl (C=O) groups is 2. The molecule has 3 aromatic carbocycles. The highest BCUT2D eigenvalue weighted by Gasteiger charge is 2.21. The maximum Gasteiger partial charge on any atom is 0.248 e. The molecule has 1 atom stereocenters. The quantitative estimate of drug-likeness (QED) is 0.189. The highest BCUT2D eigenvalue weighted by Crippen LogP contribution is 2.24. The van der Waals surface area contributed by atoms with Gasteiger partial charge in [-0.15, -0.1) is 0 Å². The normalized spacial score (nSPS) is 15.0. The summed E-state index contributed by atoms with van der Waals surface area (Å²) < 4.78 is 0. The SMILES string of the molecule is CC(C)(C)c1ccc(NC(=O)C(NCCN2CCSCC2)c2ccc(/C=C/C(=O)Nc3ccccc3N)cc2)cc1. The van der Waals surface area contributed by atoms with Gasteiger partial charge in [-0.1, -0.05) is 69.3 Å². The summed E-state index contributed by atoms with van der Waals surface area (Å²) in [5.41, 5.74) is 10.8. The Balaban J connectivity index is 1.43. The molecular weight excluding hydrogens is 530 g/mol. The number of nitrogens with zero attached hydrogens (tertiary/aromatic N) is 1. The minimum absolute atomic E-state index is 0.0470. The van der Waals surface area contributed by atoms with Gasteiger partial charge >= 0.3 is 0 Å². The number of hydrogen-bond acceptors (Lipinski definition) is 6. The van der Waals surface area contributed by atoms with Gasteiger partial charge < -0.3 is 26.6 Å². The van der Waals surface area contributed by atoms with Crippen molar-refractivity contribution in [3.63, 3.8) is 0 Å². The second-order valence-corrected chi connectivity index (χ2v) is 12.5. The number of carbonyl (C=O) groups excluding carboxylic acids is 2. The molecule has 2 amide bonds. The van der Waals surface area contributed by atoms with Crippen LogP contribution in [0.25, 0.3) is 6.08 Å². The number of anilines is 3. The third-order valence-electron chi connectivity index (χ3n) is 7.08. The molecule has 3 aromatic rings. The highest BCUT2D eigenvalue weighted by atomic mass is 32.2. The van der Waals surface area contributed by atoms with Crippen molar-refractivity contribution in [2.45, 2.75) is 32.2 Å². The molecule has 216 valence electrons. The Morgan fingerprint density at radius 1 is 0.951 bits per heavy atom. The number of para-hydroxylation sites is 2. The van der Waals surface area contributed by atoms with Crippen LogP contribution in [0.3, 0.4) is 0 Å². The van der Waals surface area contributed by atoms with Crippen LogP contribution in [-0.4, -0.2) is 54.4 Å². The van der Waals surface area contributed by atoms with Crippen LogP contribution < -0.4 is 21.7 Å². The average Bonchev–Trinajstić information content (AvgIpc) is 2.96. The average molecular weight is 572 g/mol. The number of rotatable bonds is 10. The van der Waals surface area contributed by atoms with Gasteiger partial charge in [0.2, 0.25) is 11.8 Å². The Kier molecular flexibility index (Phi) is 10.6. The number of nitrogens with one attached hydrogen (secondary N) is 3. The van der Waals surface area contributed by atoms with Gasteiger partial charge in [-0.2, -0.15) is 11.8 Å². The fraction of sp³-hybridized carbons (Fsp3) is 0.333. The van der Waals surface area contributed by atoms with Gasteiger partial charge in [0.25, 0.3) is 0 Å². The van der Waals surface area contributed by atoms with E-state index in [4.69, 9.17) is 5.73 Å². The molecule has 8 heteroatoms. The predicted molar refractivity (Wildman–Crippen MR) is 173 cm³/mol. The lowest BCUT2D eigenvalue weighted by atomic mass is 9.87. The summed E-state index contributed by atoms with van der Waals surface area (Å²) >= 11 is 1.99. The summed E-state index contributed by atoms with van der Waals surface area (Å²) in [7, 11) is 0. The largest absolute Gasteiger partial charge is 0.397 e. The second kappa shape index (κ2) is 14.3. The molecule has 1 fully saturated rings. The zero-order chi connectivity index (χ0) is 29.2. The molecule has 4 rings (SSSR count). The lowest BCUT2D eigenvalue weighted by Crippen LogP contribution is -2.41. The van der Waals surface area contributed by atoms with E-state index in [1.54, 1.807) is 18.2 Å². The Hall–Kier alpha value is -3.59. The molecule has 0 aromatic heterocycles. The van der Waals surface area contributed by atoms with Crippen molar-refractivity contribution in [3.05, 3.63) is 95.6 Å². The van der Waals surface area contributed by atoms with E-state index in [2.05, 4.69) is 53.8 Å². The van der Waals surface area contributed by atoms with Crippen molar-refractivity contribution in [1.29, 1.82) is 0 Å². The van der Waals surface area contributed by atoms with Crippen molar-refractivity contribution in [3.8, 4) is 0 Å². The fourth-order valence-electron chi connectivity index (χ4n) is 4.58. The molecule has 7 nitrogen and oxygen atoms in total. The molecule has 1 aliphatic heterocycles. The van der Waals surface area contributed by atoms with E-state index in [1.807, 2.05) is 60.3 Å². The highest BCUT2D eigenvalue weighted by molar-refractivity contribution is 7.99. The molecule has 1 heterocycles. The lowest BCUT2D eigenvalue weighted by molar-refractivity contribution is -0.118. The van der Waals surface area contributed by atoms with Crippen LogP contribution in [0, 0.1) is 0 Å². The van der Waals surface area contributed by atoms with Crippen LogP contribution in [0.5, 0.6) is 0 Å². The monoisotopic (exact) mass is 571 g/mol. The minimum Gasteiger partial charge on any atom is -0.397 e. The van der Waals surface area contributed by atoms with Crippen LogP contribution in [0.4, 0.5) is 17.1 Å². The summed E-state index contributed by atoms with van der Waals surface area (Å²) in [5.74, 6) is 1.94. The molecule has 0 aliphatic carbocycles. The Morgan fingerprint density at radius 3 is 2.29 bits per heavy atom. The maximum atomic E-state index is 13.5. The fourth-order valence-corrected chi connectivity index (χ4v) is 5.56. The Bertz CT molecular complexity index is 1330. The van der Waals surface area contributed by atoms with E-state index in [0.29, 0.717) is 17.9 Å². The van der Waals surface area contributed by atoms with E-state index in [-0.39, 0.29) is 17.2 Å². The van der Waals surface area contributed by atoms with E-state index in [1.165, 1.54) is 11.6 Å². The number of hydrogen-bond donors (Lipinski definition) is 4. The molecule has 1 unspecified atom stereocenters. The Morgan fingerprint density at radius 2 is 1.63 bits per heavy atom. The van der Waals surface area contributed by atoms with Crippen LogP contribution in [0.15, 0.2) is 78.9 Å². The zero-order valence-electron chi connectivity index (χ0n) is 24.2. The standard InChI is InChI=1S/C33H41N5O2S/c1-33(2,3)26-13-15-27(16-14-26)36-32(40)31(35-18-19-38-20-22-41-23-21-38)25-11-8-24(9-12-25)10-17-30(39)37-29-7-5-4-6-28(29)34/h4-17,31,35H,18-23,34H2,1-3H3,(H,36,40)(H,37,39)/b17-10+. The van der Waals surface area contributed by atoms with Gasteiger partial charge in [0.1, 0.15) is 6.04 Å². The van der Waals surface area contributed by atoms with Crippen molar-refractivity contribution in [1.82, 2.24) is 10.2 Å². The number of nitrogens with two attached hydrogens (primary N) is 1. The molecule has 5 N–H and O–H groups in total. The number of thioether (sulfide) groups is 1. The first-order valence-electron chi connectivity index (χ1n) is 14.1. The van der Waals surface area contributed by atoms with Gasteiger partial charge in [0.15, 0.2) is 0 Å². The van der Waals surface area contributed by atoms with Gasteiger partial charge in [-0.05, 0) is 52.4 Å². The summed E-state index contributed by atoms with van der Waals surface area (Å²) in [6.07, 6.45) is 3.22. The summed E-state index contributed by atoms with van der Waals surface area (Å²) in [4.78, 5) is 28.3. The first-order valence-corrected chi connectivity index (χ1v) is 15.2. The second-order valence-electron chi connectivity index (χ2n) is 11.2. The van der Waals surface area contributed by atoms with Gasteiger partial charge in [-0.3, -0.25) is 9.59 Å². The van der Waals surface area contributed by atoms with Crippen molar-refractivity contribution in [2.24, 2.45) is 0 Å². The number of amides is 2. The predicted octanol–water partition coefficient (Wildman–Crippen LogP) is 5.54. The molecule has 1 saturated heterocycles. The third kappa shape index (κ3) is 9.21. The van der Waals surface area contributed by atoms with Crippen molar-refractivity contribution >= 4 is 46.7 Å². The van der Waals surface area contributed by atoms with Crippen LogP contribution in [0.2, 0.25) is 0 Å². The number of benzene rings is 3. The van der Waals surface area contributed by atoms with Crippen molar-refractivity contribution in [2.75, 3.05) is 54.1 Å². The van der Waals surface area contributed by atoms with Crippen LogP contribution in [0.1, 0.15) is 43.5 Å². The van der Waals surface area contributed by atoms with Gasteiger partial charge in [0.05, 0.1) is 11.4 Å². The van der Waals surface area contributed by atoms with Crippen LogP contribution in [-0.2, 0) is 15.0 Å². The van der Waals surface area contributed by atoms with Gasteiger partial charge in [0, 0.05) is 49.4 Å². The van der Waals surface area contributed by atoms with Crippen LogP contribution >= 0.6 is 11.8 Å². The molecule has 41 heavy (non-hydrogen) atoms. The first-order chi connectivity index (χ1) is 19.7. The summed E-state index contributed by atoms with van der Waals surface area (Å²) in [5, 5.41) is 9.37. The number of nitrogen functional groups attached to an aromatic ring is 1. The topological polar surface area (TPSA) is 99.5 Å². The lowest BCUT2D eigenvalue weighted by Gasteiger charge is -2.27. The molecule has 0 bridgehead atoms. The van der Waals surface area contributed by atoms with E-state index >= 15 is 0 Å². The molecule has 0 spiro atoms. The molecule has 0 saturated carbocycles. The maximum absolute atomic E-state index is 13.5. The summed E-state index contributed by atoms with van der Waals surface area (Å²) in [6.45, 7) is 10.3. The van der Waals surface area contributed by atoms with E-state index < -0.39 is 6.04 Å². The van der Waals surface area contributed by atoms with E-state index in [9.17, 15) is 9.59 Å². The summed E-state index contributed by atoms with van der Waals surface area (Å²) in [6, 6.07) is 22.4. The smallest absolute Gasteiger partial charge is 0.248 e. The first kappa shape index (κ1) is 30.4. The van der Waals surface area contributed by atoms with Gasteiger partial charge in [-0.25, -0.2) is 0 Å². The minimum atomic E-state index is -0.515. The van der Waals surface area contributed by atoms with E-state index in [0.717, 1.165) is 48.0 Å². The zero-order valence-corrected chi connectivity index (χ0v) is 25.0. The van der Waals surface area contributed by atoms with Crippen molar-refractivity contribution < 1.29 is 9.59 Å². The molecule has 1 aliphatic rings.